The van der Waals surface area contributed by atoms with Gasteiger partial charge >= 0.3 is 0 Å². The van der Waals surface area contributed by atoms with Gasteiger partial charge in [0.05, 0.1) is 6.54 Å². The summed E-state index contributed by atoms with van der Waals surface area (Å²) in [5, 5.41) is 6.65. The number of rotatable bonds is 9. The zero-order chi connectivity index (χ0) is 23.5. The van der Waals surface area contributed by atoms with Crippen LogP contribution >= 0.6 is 0 Å². The molecule has 0 saturated heterocycles. The first-order valence-corrected chi connectivity index (χ1v) is 11.1. The van der Waals surface area contributed by atoms with E-state index in [4.69, 9.17) is 4.74 Å². The van der Waals surface area contributed by atoms with Gasteiger partial charge in [-0.15, -0.1) is 0 Å². The summed E-state index contributed by atoms with van der Waals surface area (Å²) in [5.74, 6) is 1.62. The minimum absolute atomic E-state index is 0.00213. The standard InChI is InChI=1S/C27H32N4O2/c1-4-28-27(30-19-22-14-16-24(17-15-22)26(32)31(2)3)29-18-21-10-12-23(13-11-21)20-33-25-8-6-5-7-9-25/h5-17H,4,18-20H2,1-3H3,(H2,28,29,30). The van der Waals surface area contributed by atoms with Gasteiger partial charge in [-0.1, -0.05) is 54.6 Å². The summed E-state index contributed by atoms with van der Waals surface area (Å²) in [7, 11) is 3.50. The van der Waals surface area contributed by atoms with Crippen molar-refractivity contribution < 1.29 is 9.53 Å². The number of hydrogen-bond donors (Lipinski definition) is 2. The summed E-state index contributed by atoms with van der Waals surface area (Å²) in [6.45, 7) is 4.56. The number of hydrogen-bond acceptors (Lipinski definition) is 3. The van der Waals surface area contributed by atoms with Crippen LogP contribution in [0.15, 0.2) is 83.9 Å². The van der Waals surface area contributed by atoms with E-state index < -0.39 is 0 Å². The molecule has 0 aliphatic rings. The first-order valence-electron chi connectivity index (χ1n) is 11.1. The Hall–Kier alpha value is -3.80. The van der Waals surface area contributed by atoms with Crippen LogP contribution in [0.3, 0.4) is 0 Å². The van der Waals surface area contributed by atoms with Crippen molar-refractivity contribution >= 4 is 11.9 Å². The molecule has 0 spiro atoms. The molecule has 0 heterocycles. The number of nitrogens with one attached hydrogen (secondary N) is 2. The van der Waals surface area contributed by atoms with Gasteiger partial charge in [-0.05, 0) is 47.9 Å². The van der Waals surface area contributed by atoms with Crippen molar-refractivity contribution in [3.63, 3.8) is 0 Å². The van der Waals surface area contributed by atoms with Gasteiger partial charge in [0.25, 0.3) is 5.91 Å². The van der Waals surface area contributed by atoms with Crippen LogP contribution in [0.2, 0.25) is 0 Å². The molecule has 0 fully saturated rings. The largest absolute Gasteiger partial charge is 0.489 e. The SMILES string of the molecule is CCNC(=NCc1ccc(C(=O)N(C)C)cc1)NCc1ccc(COc2ccccc2)cc1. The maximum Gasteiger partial charge on any atom is 0.253 e. The van der Waals surface area contributed by atoms with Crippen molar-refractivity contribution in [2.45, 2.75) is 26.6 Å². The second kappa shape index (κ2) is 12.3. The number of ether oxygens (including phenoxy) is 1. The van der Waals surface area contributed by atoms with Gasteiger partial charge in [-0.3, -0.25) is 4.79 Å². The third-order valence-electron chi connectivity index (χ3n) is 5.00. The molecule has 33 heavy (non-hydrogen) atoms. The van der Waals surface area contributed by atoms with Crippen molar-refractivity contribution in [3.8, 4) is 5.75 Å². The van der Waals surface area contributed by atoms with E-state index in [1.54, 1.807) is 19.0 Å². The molecule has 0 aliphatic carbocycles. The molecule has 0 aromatic heterocycles. The molecule has 172 valence electrons. The Morgan fingerprint density at radius 3 is 2.12 bits per heavy atom. The number of nitrogens with zero attached hydrogens (tertiary/aromatic N) is 2. The van der Waals surface area contributed by atoms with Crippen LogP contribution in [0.5, 0.6) is 5.75 Å². The van der Waals surface area contributed by atoms with E-state index >= 15 is 0 Å². The molecule has 0 unspecified atom stereocenters. The number of carbonyl (C=O) groups is 1. The van der Waals surface area contributed by atoms with E-state index in [-0.39, 0.29) is 5.91 Å². The smallest absolute Gasteiger partial charge is 0.253 e. The van der Waals surface area contributed by atoms with E-state index in [2.05, 4.69) is 39.9 Å². The van der Waals surface area contributed by atoms with Crippen molar-refractivity contribution in [2.24, 2.45) is 4.99 Å². The van der Waals surface area contributed by atoms with Gasteiger partial charge < -0.3 is 20.3 Å². The van der Waals surface area contributed by atoms with Crippen LogP contribution < -0.4 is 15.4 Å². The van der Waals surface area contributed by atoms with E-state index in [1.165, 1.54) is 0 Å². The summed E-state index contributed by atoms with van der Waals surface area (Å²) in [5.41, 5.74) is 4.01. The maximum absolute atomic E-state index is 12.0. The van der Waals surface area contributed by atoms with E-state index in [9.17, 15) is 4.79 Å². The van der Waals surface area contributed by atoms with Gasteiger partial charge in [0.15, 0.2) is 5.96 Å². The fourth-order valence-electron chi connectivity index (χ4n) is 3.15. The van der Waals surface area contributed by atoms with Gasteiger partial charge in [-0.25, -0.2) is 4.99 Å². The van der Waals surface area contributed by atoms with E-state index in [1.807, 2.05) is 61.5 Å². The molecule has 2 N–H and O–H groups in total. The highest BCUT2D eigenvalue weighted by Gasteiger charge is 2.07. The first-order chi connectivity index (χ1) is 16.0. The van der Waals surface area contributed by atoms with Crippen molar-refractivity contribution in [2.75, 3.05) is 20.6 Å². The highest BCUT2D eigenvalue weighted by Crippen LogP contribution is 2.12. The Balaban J connectivity index is 1.52. The molecule has 0 aliphatic heterocycles. The highest BCUT2D eigenvalue weighted by molar-refractivity contribution is 5.93. The van der Waals surface area contributed by atoms with E-state index in [0.29, 0.717) is 25.3 Å². The molecule has 0 atom stereocenters. The fraction of sp³-hybridized carbons (Fsp3) is 0.259. The Morgan fingerprint density at radius 1 is 0.848 bits per heavy atom. The molecule has 6 heteroatoms. The number of benzene rings is 3. The Bertz CT molecular complexity index is 1030. The minimum atomic E-state index is -0.00213. The lowest BCUT2D eigenvalue weighted by atomic mass is 10.1. The highest BCUT2D eigenvalue weighted by atomic mass is 16.5. The lowest BCUT2D eigenvalue weighted by Crippen LogP contribution is -2.36. The average Bonchev–Trinajstić information content (AvgIpc) is 2.85. The maximum atomic E-state index is 12.0. The zero-order valence-electron chi connectivity index (χ0n) is 19.5. The molecule has 0 radical (unpaired) electrons. The summed E-state index contributed by atoms with van der Waals surface area (Å²) in [6, 6.07) is 25.8. The third-order valence-corrected chi connectivity index (χ3v) is 5.00. The Kier molecular flexibility index (Phi) is 8.88. The molecular formula is C27H32N4O2. The molecule has 6 nitrogen and oxygen atoms in total. The van der Waals surface area contributed by atoms with Crippen LogP contribution in [-0.2, 0) is 19.7 Å². The molecule has 3 aromatic rings. The molecule has 3 aromatic carbocycles. The van der Waals surface area contributed by atoms with Gasteiger partial charge in [0.2, 0.25) is 0 Å². The average molecular weight is 445 g/mol. The van der Waals surface area contributed by atoms with Crippen LogP contribution in [-0.4, -0.2) is 37.4 Å². The zero-order valence-corrected chi connectivity index (χ0v) is 19.5. The number of amides is 1. The molecule has 0 bridgehead atoms. The monoisotopic (exact) mass is 444 g/mol. The number of guanidine groups is 1. The molecular weight excluding hydrogens is 412 g/mol. The summed E-state index contributed by atoms with van der Waals surface area (Å²) in [4.78, 5) is 18.3. The predicted octanol–water partition coefficient (Wildman–Crippen LogP) is 4.22. The summed E-state index contributed by atoms with van der Waals surface area (Å²) >= 11 is 0. The molecule has 1 amide bonds. The lowest BCUT2D eigenvalue weighted by Gasteiger charge is -2.12. The van der Waals surface area contributed by atoms with Crippen molar-refractivity contribution in [3.05, 3.63) is 101 Å². The van der Waals surface area contributed by atoms with Gasteiger partial charge in [0.1, 0.15) is 12.4 Å². The number of carbonyl (C=O) groups excluding carboxylic acids is 1. The molecule has 3 rings (SSSR count). The Labute approximate surface area is 196 Å². The number of para-hydroxylation sites is 1. The summed E-state index contributed by atoms with van der Waals surface area (Å²) < 4.78 is 5.80. The van der Waals surface area contributed by atoms with Crippen molar-refractivity contribution in [1.29, 1.82) is 0 Å². The van der Waals surface area contributed by atoms with Gasteiger partial charge in [-0.2, -0.15) is 0 Å². The minimum Gasteiger partial charge on any atom is -0.489 e. The Morgan fingerprint density at radius 2 is 1.48 bits per heavy atom. The second-order valence-corrected chi connectivity index (χ2v) is 7.86. The van der Waals surface area contributed by atoms with Crippen LogP contribution in [0.1, 0.15) is 34.0 Å². The van der Waals surface area contributed by atoms with Crippen LogP contribution in [0.25, 0.3) is 0 Å². The quantitative estimate of drug-likeness (QED) is 0.383. The fourth-order valence-corrected chi connectivity index (χ4v) is 3.15. The second-order valence-electron chi connectivity index (χ2n) is 7.86. The first kappa shape index (κ1) is 23.9. The van der Waals surface area contributed by atoms with Crippen LogP contribution in [0.4, 0.5) is 0 Å². The molecule has 0 saturated carbocycles. The van der Waals surface area contributed by atoms with Crippen molar-refractivity contribution in [1.82, 2.24) is 15.5 Å². The third kappa shape index (κ3) is 7.68. The summed E-state index contributed by atoms with van der Waals surface area (Å²) in [6.07, 6.45) is 0. The topological polar surface area (TPSA) is 66.0 Å². The van der Waals surface area contributed by atoms with E-state index in [0.717, 1.165) is 34.9 Å². The van der Waals surface area contributed by atoms with Gasteiger partial charge in [0, 0.05) is 32.7 Å². The lowest BCUT2D eigenvalue weighted by molar-refractivity contribution is 0.0827. The normalized spacial score (nSPS) is 11.1. The number of aliphatic imine (C=N–C) groups is 1. The van der Waals surface area contributed by atoms with Crippen LogP contribution in [0, 0.1) is 0 Å². The predicted molar refractivity (Wildman–Crippen MR) is 133 cm³/mol.